The van der Waals surface area contributed by atoms with Crippen molar-refractivity contribution in [1.29, 1.82) is 0 Å². The SMILES string of the molecule is CCN(CC)c1cc[c]c([N+](=O)[O-])c1-c1ccccc1. The van der Waals surface area contributed by atoms with Crippen LogP contribution in [0.4, 0.5) is 11.4 Å². The van der Waals surface area contributed by atoms with Crippen LogP contribution in [0.2, 0.25) is 0 Å². The summed E-state index contributed by atoms with van der Waals surface area (Å²) in [6, 6.07) is 15.7. The lowest BCUT2D eigenvalue weighted by atomic mass is 10.0. The number of rotatable bonds is 5. The molecule has 2 aromatic carbocycles. The van der Waals surface area contributed by atoms with Crippen LogP contribution in [0.1, 0.15) is 13.8 Å². The van der Waals surface area contributed by atoms with E-state index in [1.54, 1.807) is 6.07 Å². The second kappa shape index (κ2) is 6.19. The van der Waals surface area contributed by atoms with Crippen molar-refractivity contribution in [1.82, 2.24) is 0 Å². The van der Waals surface area contributed by atoms with Gasteiger partial charge in [-0.25, -0.2) is 0 Å². The maximum Gasteiger partial charge on any atom is 0.287 e. The first-order valence-electron chi connectivity index (χ1n) is 6.68. The van der Waals surface area contributed by atoms with Crippen molar-refractivity contribution in [2.24, 2.45) is 0 Å². The molecule has 4 heteroatoms. The molecule has 2 aromatic rings. The van der Waals surface area contributed by atoms with Gasteiger partial charge in [0.25, 0.3) is 5.69 Å². The summed E-state index contributed by atoms with van der Waals surface area (Å²) in [6.07, 6.45) is 0. The molecule has 0 spiro atoms. The fraction of sp³-hybridized carbons (Fsp3) is 0.250. The number of hydrogen-bond acceptors (Lipinski definition) is 3. The number of nitrogens with zero attached hydrogens (tertiary/aromatic N) is 2. The van der Waals surface area contributed by atoms with Crippen LogP contribution in [-0.2, 0) is 0 Å². The van der Waals surface area contributed by atoms with Crippen molar-refractivity contribution < 1.29 is 4.92 Å². The lowest BCUT2D eigenvalue weighted by molar-refractivity contribution is -0.384. The zero-order valence-electron chi connectivity index (χ0n) is 11.7. The summed E-state index contributed by atoms with van der Waals surface area (Å²) in [6.45, 7) is 5.69. The highest BCUT2D eigenvalue weighted by Crippen LogP contribution is 2.38. The number of benzene rings is 2. The Hall–Kier alpha value is -2.36. The molecule has 0 bridgehead atoms. The molecule has 0 aromatic heterocycles. The van der Waals surface area contributed by atoms with E-state index in [0.717, 1.165) is 24.3 Å². The van der Waals surface area contributed by atoms with E-state index in [4.69, 9.17) is 0 Å². The Kier molecular flexibility index (Phi) is 4.35. The zero-order valence-corrected chi connectivity index (χ0v) is 11.7. The van der Waals surface area contributed by atoms with Gasteiger partial charge in [-0.05, 0) is 31.5 Å². The lowest BCUT2D eigenvalue weighted by Crippen LogP contribution is -2.22. The van der Waals surface area contributed by atoms with Crippen LogP contribution in [0.3, 0.4) is 0 Å². The summed E-state index contributed by atoms with van der Waals surface area (Å²) in [5, 5.41) is 11.3. The van der Waals surface area contributed by atoms with Gasteiger partial charge >= 0.3 is 0 Å². The van der Waals surface area contributed by atoms with Crippen LogP contribution >= 0.6 is 0 Å². The Morgan fingerprint density at radius 2 is 1.80 bits per heavy atom. The topological polar surface area (TPSA) is 46.4 Å². The van der Waals surface area contributed by atoms with Gasteiger partial charge in [-0.2, -0.15) is 0 Å². The monoisotopic (exact) mass is 269 g/mol. The van der Waals surface area contributed by atoms with Gasteiger partial charge in [-0.15, -0.1) is 0 Å². The molecule has 0 fully saturated rings. The average molecular weight is 269 g/mol. The quantitative estimate of drug-likeness (QED) is 0.610. The summed E-state index contributed by atoms with van der Waals surface area (Å²) in [4.78, 5) is 13.1. The third kappa shape index (κ3) is 2.64. The zero-order chi connectivity index (χ0) is 14.5. The Labute approximate surface area is 118 Å². The molecule has 0 atom stereocenters. The third-order valence-corrected chi connectivity index (χ3v) is 3.30. The number of nitro benzene ring substituents is 1. The average Bonchev–Trinajstić information content (AvgIpc) is 2.49. The highest BCUT2D eigenvalue weighted by atomic mass is 16.6. The minimum atomic E-state index is -0.366. The second-order valence-electron chi connectivity index (χ2n) is 4.38. The van der Waals surface area contributed by atoms with Crippen molar-refractivity contribution in [3.05, 3.63) is 58.6 Å². The van der Waals surface area contributed by atoms with E-state index >= 15 is 0 Å². The van der Waals surface area contributed by atoms with Crippen molar-refractivity contribution in [3.8, 4) is 11.1 Å². The summed E-state index contributed by atoms with van der Waals surface area (Å²) in [5.74, 6) is 0. The minimum Gasteiger partial charge on any atom is -0.371 e. The van der Waals surface area contributed by atoms with E-state index in [1.165, 1.54) is 0 Å². The van der Waals surface area contributed by atoms with Crippen LogP contribution in [0, 0.1) is 16.2 Å². The summed E-state index contributed by atoms with van der Waals surface area (Å²) < 4.78 is 0. The summed E-state index contributed by atoms with van der Waals surface area (Å²) >= 11 is 0. The standard InChI is InChI=1S/C16H17N2O2/c1-3-17(4-2)14-11-8-12-15(18(19)20)16(14)13-9-6-5-7-10-13/h5-11H,3-4H2,1-2H3. The largest absolute Gasteiger partial charge is 0.371 e. The normalized spacial score (nSPS) is 10.3. The Morgan fingerprint density at radius 1 is 1.15 bits per heavy atom. The second-order valence-corrected chi connectivity index (χ2v) is 4.38. The molecule has 0 unspecified atom stereocenters. The third-order valence-electron chi connectivity index (χ3n) is 3.30. The smallest absolute Gasteiger partial charge is 0.287 e. The fourth-order valence-electron chi connectivity index (χ4n) is 2.34. The van der Waals surface area contributed by atoms with E-state index in [9.17, 15) is 10.1 Å². The van der Waals surface area contributed by atoms with Crippen molar-refractivity contribution in [2.45, 2.75) is 13.8 Å². The molecule has 0 heterocycles. The molecule has 0 amide bonds. The number of nitro groups is 1. The predicted molar refractivity (Wildman–Crippen MR) is 80.9 cm³/mol. The van der Waals surface area contributed by atoms with Crippen LogP contribution in [0.15, 0.2) is 42.5 Å². The van der Waals surface area contributed by atoms with E-state index < -0.39 is 0 Å². The van der Waals surface area contributed by atoms with Gasteiger partial charge in [0.2, 0.25) is 0 Å². The molecule has 0 saturated carbocycles. The maximum absolute atomic E-state index is 11.3. The Balaban J connectivity index is 2.69. The van der Waals surface area contributed by atoms with Gasteiger partial charge in [0.15, 0.2) is 0 Å². The molecule has 1 radical (unpaired) electrons. The summed E-state index contributed by atoms with van der Waals surface area (Å²) in [5.41, 5.74) is 2.40. The molecular formula is C16H17N2O2. The Bertz CT molecular complexity index is 593. The fourth-order valence-corrected chi connectivity index (χ4v) is 2.34. The van der Waals surface area contributed by atoms with Crippen molar-refractivity contribution >= 4 is 11.4 Å². The van der Waals surface area contributed by atoms with Crippen LogP contribution in [-0.4, -0.2) is 18.0 Å². The van der Waals surface area contributed by atoms with Gasteiger partial charge in [0, 0.05) is 13.1 Å². The molecule has 0 aliphatic heterocycles. The van der Waals surface area contributed by atoms with E-state index in [2.05, 4.69) is 11.0 Å². The van der Waals surface area contributed by atoms with E-state index in [-0.39, 0.29) is 10.6 Å². The van der Waals surface area contributed by atoms with Crippen LogP contribution in [0.25, 0.3) is 11.1 Å². The minimum absolute atomic E-state index is 0.0283. The maximum atomic E-state index is 11.3. The molecule has 2 rings (SSSR count). The molecule has 20 heavy (non-hydrogen) atoms. The van der Waals surface area contributed by atoms with Gasteiger partial charge in [-0.1, -0.05) is 30.3 Å². The summed E-state index contributed by atoms with van der Waals surface area (Å²) in [7, 11) is 0. The van der Waals surface area contributed by atoms with Crippen LogP contribution < -0.4 is 4.90 Å². The molecule has 4 nitrogen and oxygen atoms in total. The van der Waals surface area contributed by atoms with E-state index in [1.807, 2.05) is 50.2 Å². The highest BCUT2D eigenvalue weighted by Gasteiger charge is 2.21. The first kappa shape index (κ1) is 14.1. The molecule has 103 valence electrons. The van der Waals surface area contributed by atoms with Crippen LogP contribution in [0.5, 0.6) is 0 Å². The molecule has 0 N–H and O–H groups in total. The molecule has 0 saturated heterocycles. The number of hydrogen-bond donors (Lipinski definition) is 0. The molecular weight excluding hydrogens is 252 g/mol. The van der Waals surface area contributed by atoms with Gasteiger partial charge in [-0.3, -0.25) is 10.1 Å². The number of anilines is 1. The predicted octanol–water partition coefficient (Wildman–Crippen LogP) is 3.91. The van der Waals surface area contributed by atoms with Gasteiger partial charge < -0.3 is 4.90 Å². The molecule has 0 aliphatic rings. The van der Waals surface area contributed by atoms with Gasteiger partial charge in [0.05, 0.1) is 22.2 Å². The first-order chi connectivity index (χ1) is 9.69. The van der Waals surface area contributed by atoms with Crippen molar-refractivity contribution in [3.63, 3.8) is 0 Å². The highest BCUT2D eigenvalue weighted by molar-refractivity contribution is 5.85. The van der Waals surface area contributed by atoms with Crippen molar-refractivity contribution in [2.75, 3.05) is 18.0 Å². The lowest BCUT2D eigenvalue weighted by Gasteiger charge is -2.24. The Morgan fingerprint density at radius 3 is 2.35 bits per heavy atom. The first-order valence-corrected chi connectivity index (χ1v) is 6.68. The molecule has 0 aliphatic carbocycles. The van der Waals surface area contributed by atoms with Gasteiger partial charge in [0.1, 0.15) is 0 Å². The van der Waals surface area contributed by atoms with E-state index in [0.29, 0.717) is 5.56 Å².